The smallest absolute Gasteiger partial charge is 0.305 e. The third kappa shape index (κ3) is 2.38. The second kappa shape index (κ2) is 5.15. The fourth-order valence-corrected chi connectivity index (χ4v) is 2.90. The molecule has 2 aliphatic rings. The van der Waals surface area contributed by atoms with E-state index in [1.807, 2.05) is 6.92 Å². The molecule has 0 bridgehead atoms. The lowest BCUT2D eigenvalue weighted by Crippen LogP contribution is -2.36. The quantitative estimate of drug-likeness (QED) is 0.721. The molecule has 92 valence electrons. The molecule has 4 nitrogen and oxygen atoms in total. The standard InChI is InChI=1S/C12H21NO3/c1-2-3-11(15)16-8-9-4-6-13-7-5-10(14)12(9)13/h9-10,12,14H,2-8H2,1H3/t9-,10-,12?/m1/s1. The van der Waals surface area contributed by atoms with Crippen molar-refractivity contribution in [1.82, 2.24) is 4.90 Å². The monoisotopic (exact) mass is 227 g/mol. The molecule has 0 aromatic rings. The highest BCUT2D eigenvalue weighted by molar-refractivity contribution is 5.69. The number of nitrogens with zero attached hydrogens (tertiary/aromatic N) is 1. The molecule has 0 aromatic heterocycles. The van der Waals surface area contributed by atoms with Crippen LogP contribution in [-0.4, -0.2) is 47.8 Å². The van der Waals surface area contributed by atoms with E-state index in [-0.39, 0.29) is 18.1 Å². The van der Waals surface area contributed by atoms with Gasteiger partial charge in [0.2, 0.25) is 0 Å². The molecule has 2 aliphatic heterocycles. The second-order valence-electron chi connectivity index (χ2n) is 4.86. The molecule has 2 rings (SSSR count). The van der Waals surface area contributed by atoms with Gasteiger partial charge in [-0.3, -0.25) is 9.69 Å². The molecule has 2 heterocycles. The fraction of sp³-hybridized carbons (Fsp3) is 0.917. The van der Waals surface area contributed by atoms with Gasteiger partial charge in [0.05, 0.1) is 12.7 Å². The Morgan fingerprint density at radius 3 is 2.94 bits per heavy atom. The van der Waals surface area contributed by atoms with E-state index in [0.29, 0.717) is 18.9 Å². The lowest BCUT2D eigenvalue weighted by Gasteiger charge is -2.22. The van der Waals surface area contributed by atoms with E-state index < -0.39 is 0 Å². The van der Waals surface area contributed by atoms with Crippen LogP contribution in [0.3, 0.4) is 0 Å². The third-order valence-electron chi connectivity index (χ3n) is 3.71. The SMILES string of the molecule is CCCC(=O)OC[C@H]1CCN2CC[C@@H](O)C12. The van der Waals surface area contributed by atoms with Gasteiger partial charge in [0.1, 0.15) is 0 Å². The van der Waals surface area contributed by atoms with Crippen LogP contribution >= 0.6 is 0 Å². The fourth-order valence-electron chi connectivity index (χ4n) is 2.90. The van der Waals surface area contributed by atoms with E-state index in [1.54, 1.807) is 0 Å². The van der Waals surface area contributed by atoms with E-state index in [1.165, 1.54) is 0 Å². The number of hydrogen-bond acceptors (Lipinski definition) is 4. The molecule has 0 aliphatic carbocycles. The average Bonchev–Trinajstić information content (AvgIpc) is 2.80. The number of aliphatic hydroxyl groups excluding tert-OH is 1. The van der Waals surface area contributed by atoms with Crippen molar-refractivity contribution in [2.45, 2.75) is 44.8 Å². The highest BCUT2D eigenvalue weighted by atomic mass is 16.5. The minimum Gasteiger partial charge on any atom is -0.465 e. The molecule has 16 heavy (non-hydrogen) atoms. The lowest BCUT2D eigenvalue weighted by atomic mass is 9.97. The van der Waals surface area contributed by atoms with Gasteiger partial charge in [0, 0.05) is 24.9 Å². The summed E-state index contributed by atoms with van der Waals surface area (Å²) in [6, 6.07) is 0.231. The normalized spacial score (nSPS) is 34.0. The maximum absolute atomic E-state index is 11.3. The molecular formula is C12H21NO3. The van der Waals surface area contributed by atoms with E-state index >= 15 is 0 Å². The van der Waals surface area contributed by atoms with Crippen LogP contribution in [0.5, 0.6) is 0 Å². The summed E-state index contributed by atoms with van der Waals surface area (Å²) in [6.07, 6.45) is 3.02. The van der Waals surface area contributed by atoms with Crippen molar-refractivity contribution in [2.75, 3.05) is 19.7 Å². The van der Waals surface area contributed by atoms with E-state index in [0.717, 1.165) is 32.4 Å². The lowest BCUT2D eigenvalue weighted by molar-refractivity contribution is -0.145. The van der Waals surface area contributed by atoms with Gasteiger partial charge in [0.15, 0.2) is 0 Å². The van der Waals surface area contributed by atoms with Crippen LogP contribution in [0.15, 0.2) is 0 Å². The summed E-state index contributed by atoms with van der Waals surface area (Å²) in [4.78, 5) is 13.6. The molecule has 4 heteroatoms. The summed E-state index contributed by atoms with van der Waals surface area (Å²) < 4.78 is 5.25. The number of rotatable bonds is 4. The van der Waals surface area contributed by atoms with Crippen LogP contribution in [0.1, 0.15) is 32.6 Å². The molecule has 0 aromatic carbocycles. The Balaban J connectivity index is 1.80. The zero-order valence-corrected chi connectivity index (χ0v) is 9.89. The Kier molecular flexibility index (Phi) is 3.82. The van der Waals surface area contributed by atoms with Crippen molar-refractivity contribution < 1.29 is 14.6 Å². The Morgan fingerprint density at radius 2 is 2.19 bits per heavy atom. The zero-order valence-electron chi connectivity index (χ0n) is 9.89. The minimum atomic E-state index is -0.225. The van der Waals surface area contributed by atoms with Crippen LogP contribution in [0.25, 0.3) is 0 Å². The number of carbonyl (C=O) groups is 1. The predicted octanol–water partition coefficient (Wildman–Crippen LogP) is 0.785. The van der Waals surface area contributed by atoms with Gasteiger partial charge in [-0.15, -0.1) is 0 Å². The Morgan fingerprint density at radius 1 is 1.44 bits per heavy atom. The molecule has 2 fully saturated rings. The maximum atomic E-state index is 11.3. The molecule has 1 N–H and O–H groups in total. The molecule has 0 spiro atoms. The van der Waals surface area contributed by atoms with Crippen LogP contribution in [0.2, 0.25) is 0 Å². The average molecular weight is 227 g/mol. The van der Waals surface area contributed by atoms with Gasteiger partial charge in [-0.25, -0.2) is 0 Å². The molecule has 0 amide bonds. The van der Waals surface area contributed by atoms with Gasteiger partial charge < -0.3 is 9.84 Å². The summed E-state index contributed by atoms with van der Waals surface area (Å²) in [5.74, 6) is 0.228. The van der Waals surface area contributed by atoms with Gasteiger partial charge >= 0.3 is 5.97 Å². The summed E-state index contributed by atoms with van der Waals surface area (Å²) in [5, 5.41) is 9.86. The second-order valence-corrected chi connectivity index (χ2v) is 4.86. The zero-order chi connectivity index (χ0) is 11.5. The minimum absolute atomic E-state index is 0.103. The number of fused-ring (bicyclic) bond motifs is 1. The largest absolute Gasteiger partial charge is 0.465 e. The number of hydrogen-bond donors (Lipinski definition) is 1. The summed E-state index contributed by atoms with van der Waals surface area (Å²) in [5.41, 5.74) is 0. The molecule has 1 unspecified atom stereocenters. The van der Waals surface area contributed by atoms with Crippen molar-refractivity contribution in [2.24, 2.45) is 5.92 Å². The predicted molar refractivity (Wildman–Crippen MR) is 60.0 cm³/mol. The highest BCUT2D eigenvalue weighted by Gasteiger charge is 2.43. The van der Waals surface area contributed by atoms with Crippen molar-refractivity contribution in [1.29, 1.82) is 0 Å². The van der Waals surface area contributed by atoms with Gasteiger partial charge in [-0.2, -0.15) is 0 Å². The Bertz CT molecular complexity index is 257. The van der Waals surface area contributed by atoms with Crippen LogP contribution < -0.4 is 0 Å². The Hall–Kier alpha value is -0.610. The summed E-state index contributed by atoms with van der Waals surface area (Å²) >= 11 is 0. The molecule has 0 radical (unpaired) electrons. The molecule has 2 saturated heterocycles. The van der Waals surface area contributed by atoms with Crippen molar-refractivity contribution in [3.63, 3.8) is 0 Å². The first-order valence-electron chi connectivity index (χ1n) is 6.30. The van der Waals surface area contributed by atoms with Gasteiger partial charge in [-0.05, 0) is 25.8 Å². The summed E-state index contributed by atoms with van der Waals surface area (Å²) in [7, 11) is 0. The van der Waals surface area contributed by atoms with Gasteiger partial charge in [0.25, 0.3) is 0 Å². The molecular weight excluding hydrogens is 206 g/mol. The number of aliphatic hydroxyl groups is 1. The highest BCUT2D eigenvalue weighted by Crippen LogP contribution is 2.33. The van der Waals surface area contributed by atoms with E-state index in [2.05, 4.69) is 4.90 Å². The molecule has 3 atom stereocenters. The van der Waals surface area contributed by atoms with Gasteiger partial charge in [-0.1, -0.05) is 6.92 Å². The Labute approximate surface area is 96.6 Å². The first kappa shape index (κ1) is 11.9. The number of esters is 1. The topological polar surface area (TPSA) is 49.8 Å². The van der Waals surface area contributed by atoms with Crippen LogP contribution in [-0.2, 0) is 9.53 Å². The maximum Gasteiger partial charge on any atom is 0.305 e. The number of ether oxygens (including phenoxy) is 1. The van der Waals surface area contributed by atoms with E-state index in [9.17, 15) is 9.90 Å². The van der Waals surface area contributed by atoms with Crippen molar-refractivity contribution in [3.8, 4) is 0 Å². The van der Waals surface area contributed by atoms with Crippen LogP contribution in [0.4, 0.5) is 0 Å². The van der Waals surface area contributed by atoms with Crippen molar-refractivity contribution >= 4 is 5.97 Å². The first-order chi connectivity index (χ1) is 7.72. The summed E-state index contributed by atoms with van der Waals surface area (Å²) in [6.45, 7) is 4.49. The first-order valence-corrected chi connectivity index (χ1v) is 6.30. The van der Waals surface area contributed by atoms with Crippen molar-refractivity contribution in [3.05, 3.63) is 0 Å². The number of carbonyl (C=O) groups excluding carboxylic acids is 1. The third-order valence-corrected chi connectivity index (χ3v) is 3.71. The van der Waals surface area contributed by atoms with Crippen LogP contribution in [0, 0.1) is 5.92 Å². The van der Waals surface area contributed by atoms with E-state index in [4.69, 9.17) is 4.74 Å². The molecule has 0 saturated carbocycles.